The standard InChI is InChI=1S/C20H24N2O/c21-17(8-5-13-23)14-22-20-18-9-3-1-6-15(18)11-12-16-7-2-4-10-19(16)20/h1-4,6-7,9-10,13,17,20,22H,5,8,11-12,14,21H2. The Balaban J connectivity index is 1.86. The van der Waals surface area contributed by atoms with E-state index in [1.807, 2.05) is 0 Å². The minimum Gasteiger partial charge on any atom is -0.327 e. The van der Waals surface area contributed by atoms with Crippen molar-refractivity contribution >= 4 is 6.29 Å². The zero-order chi connectivity index (χ0) is 16.1. The molecule has 2 aromatic carbocycles. The number of nitrogens with two attached hydrogens (primary N) is 1. The van der Waals surface area contributed by atoms with Crippen molar-refractivity contribution in [1.29, 1.82) is 0 Å². The maximum atomic E-state index is 10.5. The van der Waals surface area contributed by atoms with Gasteiger partial charge in [-0.2, -0.15) is 0 Å². The highest BCUT2D eigenvalue weighted by Crippen LogP contribution is 2.32. The molecule has 0 spiro atoms. The first-order valence-electron chi connectivity index (χ1n) is 8.38. The van der Waals surface area contributed by atoms with Crippen LogP contribution < -0.4 is 11.1 Å². The number of hydrogen-bond acceptors (Lipinski definition) is 3. The van der Waals surface area contributed by atoms with Crippen LogP contribution in [0.3, 0.4) is 0 Å². The summed E-state index contributed by atoms with van der Waals surface area (Å²) in [7, 11) is 0. The summed E-state index contributed by atoms with van der Waals surface area (Å²) >= 11 is 0. The average molecular weight is 308 g/mol. The van der Waals surface area contributed by atoms with Crippen LogP contribution in [0.4, 0.5) is 0 Å². The SMILES string of the molecule is NC(CCC=O)CNC1c2ccccc2CCc2ccccc21. The Kier molecular flexibility index (Phi) is 5.21. The number of nitrogens with one attached hydrogen (secondary N) is 1. The van der Waals surface area contributed by atoms with Crippen LogP contribution in [-0.4, -0.2) is 18.9 Å². The molecule has 1 unspecified atom stereocenters. The first-order valence-corrected chi connectivity index (χ1v) is 8.38. The molecule has 23 heavy (non-hydrogen) atoms. The van der Waals surface area contributed by atoms with E-state index in [-0.39, 0.29) is 12.1 Å². The van der Waals surface area contributed by atoms with Crippen molar-refractivity contribution in [2.75, 3.05) is 6.54 Å². The van der Waals surface area contributed by atoms with E-state index in [0.717, 1.165) is 25.5 Å². The molecule has 3 N–H and O–H groups in total. The molecular weight excluding hydrogens is 284 g/mol. The molecular formula is C20H24N2O. The second kappa shape index (κ2) is 7.53. The van der Waals surface area contributed by atoms with Crippen molar-refractivity contribution in [2.45, 2.75) is 37.8 Å². The lowest BCUT2D eigenvalue weighted by atomic mass is 9.94. The van der Waals surface area contributed by atoms with Gasteiger partial charge in [0.15, 0.2) is 0 Å². The van der Waals surface area contributed by atoms with Crippen molar-refractivity contribution in [2.24, 2.45) is 5.73 Å². The van der Waals surface area contributed by atoms with Crippen molar-refractivity contribution in [3.05, 3.63) is 70.8 Å². The van der Waals surface area contributed by atoms with Gasteiger partial charge in [0.25, 0.3) is 0 Å². The molecule has 0 bridgehead atoms. The van der Waals surface area contributed by atoms with Crippen molar-refractivity contribution < 1.29 is 4.79 Å². The minimum absolute atomic E-state index is 0.00257. The fraction of sp³-hybridized carbons (Fsp3) is 0.350. The normalized spacial score (nSPS) is 15.3. The van der Waals surface area contributed by atoms with Gasteiger partial charge in [-0.3, -0.25) is 0 Å². The third kappa shape index (κ3) is 3.69. The second-order valence-electron chi connectivity index (χ2n) is 6.24. The van der Waals surface area contributed by atoms with E-state index in [9.17, 15) is 4.79 Å². The number of fused-ring (bicyclic) bond motifs is 2. The van der Waals surface area contributed by atoms with E-state index in [1.54, 1.807) is 0 Å². The minimum atomic E-state index is 0.00257. The van der Waals surface area contributed by atoms with Crippen LogP contribution in [0.25, 0.3) is 0 Å². The fourth-order valence-electron chi connectivity index (χ4n) is 3.40. The molecule has 3 rings (SSSR count). The summed E-state index contributed by atoms with van der Waals surface area (Å²) in [5.41, 5.74) is 11.6. The molecule has 1 atom stereocenters. The van der Waals surface area contributed by atoms with Gasteiger partial charge in [-0.1, -0.05) is 48.5 Å². The Morgan fingerprint density at radius 1 is 1.04 bits per heavy atom. The number of carbonyl (C=O) groups is 1. The molecule has 0 amide bonds. The van der Waals surface area contributed by atoms with Gasteiger partial charge in [-0.15, -0.1) is 0 Å². The second-order valence-corrected chi connectivity index (χ2v) is 6.24. The molecule has 1 aliphatic rings. The maximum Gasteiger partial charge on any atom is 0.120 e. The van der Waals surface area contributed by atoms with Crippen LogP contribution in [0.5, 0.6) is 0 Å². The third-order valence-electron chi connectivity index (χ3n) is 4.64. The Hall–Kier alpha value is -1.97. The van der Waals surface area contributed by atoms with Crippen molar-refractivity contribution in [1.82, 2.24) is 5.32 Å². The molecule has 120 valence electrons. The fourth-order valence-corrected chi connectivity index (χ4v) is 3.40. The van der Waals surface area contributed by atoms with Gasteiger partial charge in [0.1, 0.15) is 6.29 Å². The van der Waals surface area contributed by atoms with Crippen LogP contribution >= 0.6 is 0 Å². The number of rotatable bonds is 6. The summed E-state index contributed by atoms with van der Waals surface area (Å²) in [6.45, 7) is 0.709. The molecule has 0 fully saturated rings. The zero-order valence-corrected chi connectivity index (χ0v) is 13.4. The first-order chi connectivity index (χ1) is 11.3. The van der Waals surface area contributed by atoms with Crippen LogP contribution in [0.2, 0.25) is 0 Å². The Morgan fingerprint density at radius 3 is 2.17 bits per heavy atom. The monoisotopic (exact) mass is 308 g/mol. The van der Waals surface area contributed by atoms with Crippen LogP contribution in [0, 0.1) is 0 Å². The van der Waals surface area contributed by atoms with E-state index in [1.165, 1.54) is 22.3 Å². The number of benzene rings is 2. The number of aldehydes is 1. The third-order valence-corrected chi connectivity index (χ3v) is 4.64. The predicted octanol–water partition coefficient (Wildman–Crippen LogP) is 2.77. The van der Waals surface area contributed by atoms with Gasteiger partial charge in [-0.25, -0.2) is 0 Å². The zero-order valence-electron chi connectivity index (χ0n) is 13.4. The number of hydrogen-bond donors (Lipinski definition) is 2. The van der Waals surface area contributed by atoms with E-state index in [0.29, 0.717) is 13.0 Å². The summed E-state index contributed by atoms with van der Waals surface area (Å²) in [6, 6.07) is 17.5. The van der Waals surface area contributed by atoms with Crippen LogP contribution in [0.15, 0.2) is 48.5 Å². The summed E-state index contributed by atoms with van der Waals surface area (Å²) in [4.78, 5) is 10.5. The van der Waals surface area contributed by atoms with Crippen molar-refractivity contribution in [3.8, 4) is 0 Å². The van der Waals surface area contributed by atoms with Gasteiger partial charge in [0.05, 0.1) is 6.04 Å². The average Bonchev–Trinajstić information content (AvgIpc) is 2.75. The van der Waals surface area contributed by atoms with E-state index >= 15 is 0 Å². The highest BCUT2D eigenvalue weighted by atomic mass is 16.1. The predicted molar refractivity (Wildman–Crippen MR) is 93.4 cm³/mol. The lowest BCUT2D eigenvalue weighted by Crippen LogP contribution is -2.36. The number of aryl methyl sites for hydroxylation is 2. The quantitative estimate of drug-likeness (QED) is 0.807. The van der Waals surface area contributed by atoms with Crippen LogP contribution in [0.1, 0.15) is 41.1 Å². The summed E-state index contributed by atoms with van der Waals surface area (Å²) in [5, 5.41) is 3.64. The number of carbonyl (C=O) groups excluding carboxylic acids is 1. The summed E-state index contributed by atoms with van der Waals surface area (Å²) in [6.07, 6.45) is 4.34. The molecule has 2 aromatic rings. The molecule has 0 radical (unpaired) electrons. The Labute approximate surface area is 137 Å². The van der Waals surface area contributed by atoms with Crippen molar-refractivity contribution in [3.63, 3.8) is 0 Å². The van der Waals surface area contributed by atoms with Crippen LogP contribution in [-0.2, 0) is 17.6 Å². The Bertz CT molecular complexity index is 621. The molecule has 0 saturated heterocycles. The molecule has 0 aromatic heterocycles. The van der Waals surface area contributed by atoms with Gasteiger partial charge < -0.3 is 15.8 Å². The summed E-state index contributed by atoms with van der Waals surface area (Å²) in [5.74, 6) is 0. The van der Waals surface area contributed by atoms with E-state index < -0.39 is 0 Å². The van der Waals surface area contributed by atoms with Gasteiger partial charge >= 0.3 is 0 Å². The maximum absolute atomic E-state index is 10.5. The topological polar surface area (TPSA) is 55.1 Å². The first kappa shape index (κ1) is 15.9. The molecule has 0 saturated carbocycles. The Morgan fingerprint density at radius 2 is 1.61 bits per heavy atom. The van der Waals surface area contributed by atoms with Gasteiger partial charge in [0.2, 0.25) is 0 Å². The molecule has 3 heteroatoms. The van der Waals surface area contributed by atoms with E-state index in [4.69, 9.17) is 5.73 Å². The van der Waals surface area contributed by atoms with Gasteiger partial charge in [0, 0.05) is 19.0 Å². The highest BCUT2D eigenvalue weighted by Gasteiger charge is 2.23. The molecule has 0 heterocycles. The lowest BCUT2D eigenvalue weighted by Gasteiger charge is -2.23. The highest BCUT2D eigenvalue weighted by molar-refractivity contribution is 5.49. The molecule has 0 aliphatic heterocycles. The molecule has 3 nitrogen and oxygen atoms in total. The molecule has 1 aliphatic carbocycles. The van der Waals surface area contributed by atoms with E-state index in [2.05, 4.69) is 53.8 Å². The summed E-state index contributed by atoms with van der Waals surface area (Å²) < 4.78 is 0. The smallest absolute Gasteiger partial charge is 0.120 e. The largest absolute Gasteiger partial charge is 0.327 e. The lowest BCUT2D eigenvalue weighted by molar-refractivity contribution is -0.108. The van der Waals surface area contributed by atoms with Gasteiger partial charge in [-0.05, 0) is 41.5 Å².